The zero-order chi connectivity index (χ0) is 16.7. The first-order chi connectivity index (χ1) is 11.6. The van der Waals surface area contributed by atoms with Crippen LogP contribution >= 0.6 is 11.3 Å². The van der Waals surface area contributed by atoms with Crippen LogP contribution in [0.3, 0.4) is 0 Å². The Balaban J connectivity index is 1.44. The van der Waals surface area contributed by atoms with E-state index in [-0.39, 0.29) is 17.7 Å². The van der Waals surface area contributed by atoms with Gasteiger partial charge >= 0.3 is 0 Å². The number of aryl methyl sites for hydroxylation is 2. The van der Waals surface area contributed by atoms with E-state index in [0.717, 1.165) is 31.4 Å². The molecule has 1 aromatic carbocycles. The smallest absolute Gasteiger partial charge is 0.257 e. The van der Waals surface area contributed by atoms with Crippen molar-refractivity contribution >= 4 is 34.0 Å². The minimum absolute atomic E-state index is 0.0383. The molecule has 2 amide bonds. The Morgan fingerprint density at radius 1 is 1.25 bits per heavy atom. The van der Waals surface area contributed by atoms with Gasteiger partial charge in [-0.25, -0.2) is 4.98 Å². The lowest BCUT2D eigenvalue weighted by atomic mass is 10.2. The van der Waals surface area contributed by atoms with Gasteiger partial charge in [-0.05, 0) is 49.8 Å². The van der Waals surface area contributed by atoms with Gasteiger partial charge in [-0.3, -0.25) is 14.9 Å². The summed E-state index contributed by atoms with van der Waals surface area (Å²) in [7, 11) is 0. The molecule has 6 heteroatoms. The third-order valence-electron chi connectivity index (χ3n) is 4.65. The lowest BCUT2D eigenvalue weighted by Crippen LogP contribution is -2.16. The largest absolute Gasteiger partial charge is 0.326 e. The van der Waals surface area contributed by atoms with Crippen molar-refractivity contribution < 1.29 is 9.59 Å². The summed E-state index contributed by atoms with van der Waals surface area (Å²) in [4.78, 5) is 30.2. The molecule has 5 nitrogen and oxygen atoms in total. The van der Waals surface area contributed by atoms with E-state index < -0.39 is 0 Å². The van der Waals surface area contributed by atoms with Crippen molar-refractivity contribution in [3.05, 3.63) is 40.4 Å². The number of amides is 2. The standard InChI is InChI=1S/C18H19N3O2S/c1-10-8-13(10)17(23)19-12-5-2-4-11(9-12)16(22)21-18-20-14-6-3-7-15(14)24-18/h2,4-5,9-10,13H,3,6-8H2,1H3,(H,19,23)(H,20,21,22). The topological polar surface area (TPSA) is 71.1 Å². The van der Waals surface area contributed by atoms with Gasteiger partial charge in [-0.15, -0.1) is 11.3 Å². The van der Waals surface area contributed by atoms with E-state index in [9.17, 15) is 9.59 Å². The zero-order valence-corrected chi connectivity index (χ0v) is 14.3. The quantitative estimate of drug-likeness (QED) is 0.894. The molecule has 2 atom stereocenters. The molecule has 1 heterocycles. The summed E-state index contributed by atoms with van der Waals surface area (Å²) in [5.74, 6) is 0.415. The molecule has 2 unspecified atom stereocenters. The summed E-state index contributed by atoms with van der Waals surface area (Å²) in [6, 6.07) is 7.04. The Bertz CT molecular complexity index is 793. The number of fused-ring (bicyclic) bond motifs is 1. The number of nitrogens with one attached hydrogen (secondary N) is 2. The second kappa shape index (κ2) is 6.02. The number of hydrogen-bond donors (Lipinski definition) is 2. The highest BCUT2D eigenvalue weighted by molar-refractivity contribution is 7.16. The molecule has 0 aliphatic heterocycles. The second-order valence-electron chi connectivity index (χ2n) is 6.59. The molecule has 2 aromatic rings. The number of carbonyl (C=O) groups excluding carboxylic acids is 2. The Labute approximate surface area is 144 Å². The van der Waals surface area contributed by atoms with Gasteiger partial charge < -0.3 is 5.32 Å². The van der Waals surface area contributed by atoms with Crippen LogP contribution in [0, 0.1) is 11.8 Å². The molecule has 2 N–H and O–H groups in total. The minimum atomic E-state index is -0.196. The molecule has 0 saturated heterocycles. The van der Waals surface area contributed by atoms with Gasteiger partial charge in [0.2, 0.25) is 5.91 Å². The van der Waals surface area contributed by atoms with E-state index in [4.69, 9.17) is 0 Å². The number of rotatable bonds is 4. The molecule has 24 heavy (non-hydrogen) atoms. The fraction of sp³-hybridized carbons (Fsp3) is 0.389. The summed E-state index contributed by atoms with van der Waals surface area (Å²) in [6.07, 6.45) is 4.16. The number of nitrogens with zero attached hydrogens (tertiary/aromatic N) is 1. The van der Waals surface area contributed by atoms with E-state index >= 15 is 0 Å². The normalized spacial score (nSPS) is 21.2. The Hall–Kier alpha value is -2.21. The molecule has 4 rings (SSSR count). The van der Waals surface area contributed by atoms with E-state index in [2.05, 4.69) is 22.5 Å². The lowest BCUT2D eigenvalue weighted by Gasteiger charge is -2.07. The predicted molar refractivity (Wildman–Crippen MR) is 94.4 cm³/mol. The van der Waals surface area contributed by atoms with Crippen LogP contribution in [0.25, 0.3) is 0 Å². The fourth-order valence-corrected chi connectivity index (χ4v) is 4.12. The monoisotopic (exact) mass is 341 g/mol. The number of carbonyl (C=O) groups is 2. The maximum absolute atomic E-state index is 12.4. The number of benzene rings is 1. The summed E-state index contributed by atoms with van der Waals surface area (Å²) in [5, 5.41) is 6.42. The predicted octanol–water partition coefficient (Wildman–Crippen LogP) is 3.48. The van der Waals surface area contributed by atoms with Crippen molar-refractivity contribution in [1.29, 1.82) is 0 Å². The van der Waals surface area contributed by atoms with Gasteiger partial charge in [-0.2, -0.15) is 0 Å². The second-order valence-corrected chi connectivity index (χ2v) is 7.67. The summed E-state index contributed by atoms with van der Waals surface area (Å²) in [5.41, 5.74) is 2.30. The Morgan fingerprint density at radius 2 is 2.08 bits per heavy atom. The van der Waals surface area contributed by atoms with E-state index in [1.165, 1.54) is 4.88 Å². The fourth-order valence-electron chi connectivity index (χ4n) is 3.07. The maximum Gasteiger partial charge on any atom is 0.257 e. The highest BCUT2D eigenvalue weighted by atomic mass is 32.1. The first kappa shape index (κ1) is 15.3. The van der Waals surface area contributed by atoms with Gasteiger partial charge in [0.05, 0.1) is 5.69 Å². The van der Waals surface area contributed by atoms with Crippen molar-refractivity contribution in [2.75, 3.05) is 10.6 Å². The van der Waals surface area contributed by atoms with Gasteiger partial charge in [0.25, 0.3) is 5.91 Å². The molecule has 0 spiro atoms. The average Bonchev–Trinajstić information content (AvgIpc) is 2.95. The number of thiazole rings is 1. The minimum Gasteiger partial charge on any atom is -0.326 e. The number of anilines is 2. The molecule has 0 bridgehead atoms. The van der Waals surface area contributed by atoms with Crippen LogP contribution in [-0.2, 0) is 17.6 Å². The van der Waals surface area contributed by atoms with Crippen LogP contribution in [0.15, 0.2) is 24.3 Å². The van der Waals surface area contributed by atoms with Crippen molar-refractivity contribution in [2.24, 2.45) is 11.8 Å². The van der Waals surface area contributed by atoms with E-state index in [1.807, 2.05) is 0 Å². The third kappa shape index (κ3) is 3.06. The van der Waals surface area contributed by atoms with Crippen LogP contribution < -0.4 is 10.6 Å². The van der Waals surface area contributed by atoms with Crippen LogP contribution in [-0.4, -0.2) is 16.8 Å². The highest BCUT2D eigenvalue weighted by Crippen LogP contribution is 2.38. The Morgan fingerprint density at radius 3 is 2.83 bits per heavy atom. The summed E-state index contributed by atoms with van der Waals surface area (Å²) in [6.45, 7) is 2.07. The molecule has 2 aliphatic rings. The van der Waals surface area contributed by atoms with Crippen LogP contribution in [0.4, 0.5) is 10.8 Å². The average molecular weight is 341 g/mol. The molecule has 124 valence electrons. The third-order valence-corrected chi connectivity index (χ3v) is 5.73. The van der Waals surface area contributed by atoms with Gasteiger partial charge in [-0.1, -0.05) is 13.0 Å². The molecule has 1 saturated carbocycles. The van der Waals surface area contributed by atoms with Crippen molar-refractivity contribution in [2.45, 2.75) is 32.6 Å². The van der Waals surface area contributed by atoms with Gasteiger partial charge in [0.15, 0.2) is 5.13 Å². The molecular weight excluding hydrogens is 322 g/mol. The van der Waals surface area contributed by atoms with Crippen molar-refractivity contribution in [3.63, 3.8) is 0 Å². The molecule has 0 radical (unpaired) electrons. The number of aromatic nitrogens is 1. The van der Waals surface area contributed by atoms with Crippen LogP contribution in [0.1, 0.15) is 40.7 Å². The summed E-state index contributed by atoms with van der Waals surface area (Å²) < 4.78 is 0. The molecule has 1 fully saturated rings. The molecular formula is C18H19N3O2S. The SMILES string of the molecule is CC1CC1C(=O)Nc1cccc(C(=O)Nc2nc3c(s2)CCC3)c1. The van der Waals surface area contributed by atoms with Crippen LogP contribution in [0.5, 0.6) is 0 Å². The maximum atomic E-state index is 12.4. The first-order valence-electron chi connectivity index (χ1n) is 8.31. The van der Waals surface area contributed by atoms with E-state index in [1.54, 1.807) is 35.6 Å². The van der Waals surface area contributed by atoms with Crippen LogP contribution in [0.2, 0.25) is 0 Å². The Kier molecular flexibility index (Phi) is 3.84. The van der Waals surface area contributed by atoms with Gasteiger partial charge in [0.1, 0.15) is 0 Å². The number of hydrogen-bond acceptors (Lipinski definition) is 4. The van der Waals surface area contributed by atoms with E-state index in [0.29, 0.717) is 22.3 Å². The van der Waals surface area contributed by atoms with Crippen molar-refractivity contribution in [1.82, 2.24) is 4.98 Å². The summed E-state index contributed by atoms with van der Waals surface area (Å²) >= 11 is 1.56. The molecule has 1 aromatic heterocycles. The first-order valence-corrected chi connectivity index (χ1v) is 9.12. The lowest BCUT2D eigenvalue weighted by molar-refractivity contribution is -0.117. The highest BCUT2D eigenvalue weighted by Gasteiger charge is 2.39. The zero-order valence-electron chi connectivity index (χ0n) is 13.5. The molecule has 2 aliphatic carbocycles. The van der Waals surface area contributed by atoms with Crippen molar-refractivity contribution in [3.8, 4) is 0 Å². The van der Waals surface area contributed by atoms with Gasteiger partial charge in [0, 0.05) is 22.0 Å².